The summed E-state index contributed by atoms with van der Waals surface area (Å²) >= 11 is 0. The normalized spacial score (nSPS) is 26.2. The average molecular weight is 325 g/mol. The first-order valence-corrected chi connectivity index (χ1v) is 8.73. The molecule has 2 unspecified atom stereocenters. The largest absolute Gasteiger partial charge is 0.444 e. The van der Waals surface area contributed by atoms with E-state index in [1.165, 1.54) is 0 Å². The third kappa shape index (κ3) is 5.68. The van der Waals surface area contributed by atoms with Crippen molar-refractivity contribution in [3.8, 4) is 0 Å². The molecule has 0 aliphatic carbocycles. The summed E-state index contributed by atoms with van der Waals surface area (Å²) in [5.41, 5.74) is -0.453. The van der Waals surface area contributed by atoms with Gasteiger partial charge in [-0.1, -0.05) is 0 Å². The van der Waals surface area contributed by atoms with Crippen LogP contribution in [0.15, 0.2) is 0 Å². The Hall–Kier alpha value is -1.30. The van der Waals surface area contributed by atoms with E-state index in [4.69, 9.17) is 4.74 Å². The fraction of sp³-hybridized carbons (Fsp3) is 0.882. The molecule has 0 bridgehead atoms. The van der Waals surface area contributed by atoms with Crippen LogP contribution in [0.4, 0.5) is 4.79 Å². The molecule has 2 fully saturated rings. The van der Waals surface area contributed by atoms with Crippen LogP contribution >= 0.6 is 0 Å². The van der Waals surface area contributed by atoms with Gasteiger partial charge >= 0.3 is 6.09 Å². The van der Waals surface area contributed by atoms with Gasteiger partial charge in [0.15, 0.2) is 0 Å². The number of hydrogen-bond donors (Lipinski definition) is 1. The third-order valence-electron chi connectivity index (χ3n) is 4.39. The Morgan fingerprint density at radius 2 is 1.87 bits per heavy atom. The number of nitrogens with zero attached hydrogens (tertiary/aromatic N) is 2. The van der Waals surface area contributed by atoms with E-state index >= 15 is 0 Å². The molecule has 0 saturated carbocycles. The van der Waals surface area contributed by atoms with Crippen molar-refractivity contribution in [1.29, 1.82) is 0 Å². The first-order valence-electron chi connectivity index (χ1n) is 8.73. The first-order chi connectivity index (χ1) is 10.7. The molecule has 2 amide bonds. The number of carbonyl (C=O) groups is 2. The predicted octanol–water partition coefficient (Wildman–Crippen LogP) is 1.99. The van der Waals surface area contributed by atoms with Crippen molar-refractivity contribution in [2.45, 2.75) is 71.1 Å². The number of carbonyl (C=O) groups excluding carboxylic acids is 2. The number of amides is 2. The van der Waals surface area contributed by atoms with Gasteiger partial charge < -0.3 is 15.0 Å². The topological polar surface area (TPSA) is 61.9 Å². The van der Waals surface area contributed by atoms with Crippen LogP contribution in [0.3, 0.4) is 0 Å². The predicted molar refractivity (Wildman–Crippen MR) is 89.2 cm³/mol. The van der Waals surface area contributed by atoms with Crippen LogP contribution in [-0.2, 0) is 9.53 Å². The number of ether oxygens (including phenoxy) is 1. The van der Waals surface area contributed by atoms with Gasteiger partial charge in [-0.2, -0.15) is 0 Å². The van der Waals surface area contributed by atoms with Crippen molar-refractivity contribution in [3.05, 3.63) is 0 Å². The zero-order valence-electron chi connectivity index (χ0n) is 14.9. The molecular formula is C17H31N3O3. The molecule has 2 heterocycles. The number of piperidine rings is 1. The maximum absolute atomic E-state index is 12.4. The molecule has 2 rings (SSSR count). The minimum atomic E-state index is -0.453. The number of rotatable bonds is 3. The van der Waals surface area contributed by atoms with Crippen molar-refractivity contribution >= 4 is 12.0 Å². The molecule has 2 atom stereocenters. The first kappa shape index (κ1) is 18.0. The molecule has 2 saturated heterocycles. The molecule has 1 N–H and O–H groups in total. The van der Waals surface area contributed by atoms with Crippen LogP contribution < -0.4 is 5.32 Å². The highest BCUT2D eigenvalue weighted by Gasteiger charge is 2.34. The van der Waals surface area contributed by atoms with Crippen LogP contribution in [0.25, 0.3) is 0 Å². The minimum absolute atomic E-state index is 0.0353. The summed E-state index contributed by atoms with van der Waals surface area (Å²) in [5, 5.41) is 3.02. The Kier molecular flexibility index (Phi) is 5.89. The second-order valence-electron chi connectivity index (χ2n) is 7.77. The van der Waals surface area contributed by atoms with Gasteiger partial charge in [0, 0.05) is 38.6 Å². The molecule has 0 radical (unpaired) electrons. The monoisotopic (exact) mass is 325 g/mol. The van der Waals surface area contributed by atoms with E-state index in [-0.39, 0.29) is 24.1 Å². The van der Waals surface area contributed by atoms with Crippen molar-refractivity contribution in [2.24, 2.45) is 0 Å². The van der Waals surface area contributed by atoms with Gasteiger partial charge in [0.05, 0.1) is 0 Å². The molecule has 0 aromatic rings. The molecular weight excluding hydrogens is 294 g/mol. The lowest BCUT2D eigenvalue weighted by atomic mass is 10.0. The van der Waals surface area contributed by atoms with E-state index < -0.39 is 5.60 Å². The molecule has 23 heavy (non-hydrogen) atoms. The zero-order valence-corrected chi connectivity index (χ0v) is 14.9. The summed E-state index contributed by atoms with van der Waals surface area (Å²) in [4.78, 5) is 27.8. The summed E-state index contributed by atoms with van der Waals surface area (Å²) in [5.74, 6) is 0.0353. The lowest BCUT2D eigenvalue weighted by molar-refractivity contribution is -0.120. The van der Waals surface area contributed by atoms with Gasteiger partial charge in [-0.15, -0.1) is 0 Å². The average Bonchev–Trinajstić information content (AvgIpc) is 2.84. The highest BCUT2D eigenvalue weighted by molar-refractivity contribution is 5.73. The number of likely N-dealkylation sites (tertiary alicyclic amines) is 2. The van der Waals surface area contributed by atoms with Crippen LogP contribution in [0.1, 0.15) is 53.4 Å². The summed E-state index contributed by atoms with van der Waals surface area (Å²) in [7, 11) is 0. The SMILES string of the molecule is CC(=O)NC1CCCN(CC2CCCN2C(=O)OC(C)(C)C)C1. The molecule has 6 heteroatoms. The van der Waals surface area contributed by atoms with Crippen molar-refractivity contribution < 1.29 is 14.3 Å². The minimum Gasteiger partial charge on any atom is -0.444 e. The van der Waals surface area contributed by atoms with Gasteiger partial charge in [0.1, 0.15) is 5.60 Å². The van der Waals surface area contributed by atoms with Gasteiger partial charge in [0.2, 0.25) is 5.91 Å². The Labute approximate surface area is 139 Å². The fourth-order valence-electron chi connectivity index (χ4n) is 3.51. The van der Waals surface area contributed by atoms with Gasteiger partial charge in [-0.3, -0.25) is 9.69 Å². The summed E-state index contributed by atoms with van der Waals surface area (Å²) < 4.78 is 5.53. The van der Waals surface area contributed by atoms with Crippen molar-refractivity contribution in [2.75, 3.05) is 26.2 Å². The Morgan fingerprint density at radius 3 is 2.52 bits per heavy atom. The fourth-order valence-corrected chi connectivity index (χ4v) is 3.51. The quantitative estimate of drug-likeness (QED) is 0.862. The molecule has 0 spiro atoms. The van der Waals surface area contributed by atoms with Crippen LogP contribution in [0, 0.1) is 0 Å². The van der Waals surface area contributed by atoms with E-state index in [0.717, 1.165) is 51.9 Å². The lowest BCUT2D eigenvalue weighted by Crippen LogP contribution is -2.51. The lowest BCUT2D eigenvalue weighted by Gasteiger charge is -2.36. The van der Waals surface area contributed by atoms with Crippen LogP contribution in [-0.4, -0.2) is 65.7 Å². The molecule has 2 aliphatic heterocycles. The second kappa shape index (κ2) is 7.51. The van der Waals surface area contributed by atoms with E-state index in [2.05, 4.69) is 10.2 Å². The third-order valence-corrected chi connectivity index (χ3v) is 4.39. The summed E-state index contributed by atoms with van der Waals surface area (Å²) in [6, 6.07) is 0.457. The molecule has 132 valence electrons. The van der Waals surface area contributed by atoms with Gasteiger partial charge in [-0.05, 0) is 53.0 Å². The zero-order chi connectivity index (χ0) is 17.0. The number of hydrogen-bond acceptors (Lipinski definition) is 4. The highest BCUT2D eigenvalue weighted by Crippen LogP contribution is 2.23. The standard InChI is InChI=1S/C17H31N3O3/c1-13(21)18-14-7-5-9-19(11-14)12-15-8-6-10-20(15)16(22)23-17(2,3)4/h14-15H,5-12H2,1-4H3,(H,18,21). The molecule has 0 aromatic heterocycles. The Morgan fingerprint density at radius 1 is 1.17 bits per heavy atom. The Balaban J connectivity index is 1.88. The second-order valence-corrected chi connectivity index (χ2v) is 7.77. The van der Waals surface area contributed by atoms with Crippen LogP contribution in [0.5, 0.6) is 0 Å². The highest BCUT2D eigenvalue weighted by atomic mass is 16.6. The van der Waals surface area contributed by atoms with E-state index in [1.54, 1.807) is 6.92 Å². The maximum atomic E-state index is 12.4. The van der Waals surface area contributed by atoms with Gasteiger partial charge in [-0.25, -0.2) is 4.79 Å². The number of nitrogens with one attached hydrogen (secondary N) is 1. The van der Waals surface area contributed by atoms with Crippen LogP contribution in [0.2, 0.25) is 0 Å². The van der Waals surface area contributed by atoms with Crippen molar-refractivity contribution in [1.82, 2.24) is 15.1 Å². The smallest absolute Gasteiger partial charge is 0.410 e. The van der Waals surface area contributed by atoms with Crippen molar-refractivity contribution in [3.63, 3.8) is 0 Å². The van der Waals surface area contributed by atoms with E-state index in [1.807, 2.05) is 25.7 Å². The summed E-state index contributed by atoms with van der Waals surface area (Å²) in [6.45, 7) is 10.8. The molecule has 0 aromatic carbocycles. The van der Waals surface area contributed by atoms with E-state index in [9.17, 15) is 9.59 Å². The Bertz CT molecular complexity index is 433. The molecule has 6 nitrogen and oxygen atoms in total. The molecule has 2 aliphatic rings. The maximum Gasteiger partial charge on any atom is 0.410 e. The summed E-state index contributed by atoms with van der Waals surface area (Å²) in [6.07, 6.45) is 3.99. The van der Waals surface area contributed by atoms with Gasteiger partial charge in [0.25, 0.3) is 0 Å². The van der Waals surface area contributed by atoms with E-state index in [0.29, 0.717) is 0 Å².